The lowest BCUT2D eigenvalue weighted by atomic mass is 10.1. The molecule has 0 bridgehead atoms. The van der Waals surface area contributed by atoms with E-state index in [1.165, 1.54) is 27.4 Å². The summed E-state index contributed by atoms with van der Waals surface area (Å²) in [6, 6.07) is 22.6. The molecule has 9 nitrogen and oxygen atoms in total. The fraction of sp³-hybridized carbons (Fsp3) is 0.222. The van der Waals surface area contributed by atoms with Crippen LogP contribution in [0.25, 0.3) is 26.9 Å². The zero-order valence-corrected chi connectivity index (χ0v) is 27.1. The van der Waals surface area contributed by atoms with Crippen molar-refractivity contribution >= 4 is 33.4 Å². The van der Waals surface area contributed by atoms with Crippen molar-refractivity contribution in [3.05, 3.63) is 90.0 Å². The fourth-order valence-electron chi connectivity index (χ4n) is 4.74. The first-order valence-electron chi connectivity index (χ1n) is 14.5. The van der Waals surface area contributed by atoms with E-state index in [4.69, 9.17) is 38.1 Å². The van der Waals surface area contributed by atoms with E-state index in [-0.39, 0.29) is 5.78 Å². The molecule has 238 valence electrons. The van der Waals surface area contributed by atoms with E-state index < -0.39 is 0 Å². The predicted molar refractivity (Wildman–Crippen MR) is 180 cm³/mol. The van der Waals surface area contributed by atoms with Crippen LogP contribution < -0.4 is 33.2 Å². The van der Waals surface area contributed by atoms with Gasteiger partial charge in [0.25, 0.3) is 0 Å². The molecular formula is C36H35NO8S. The summed E-state index contributed by atoms with van der Waals surface area (Å²) in [6.07, 6.45) is 3.81. The molecule has 46 heavy (non-hydrogen) atoms. The highest BCUT2D eigenvalue weighted by molar-refractivity contribution is 7.21. The number of rotatable bonds is 15. The maximum absolute atomic E-state index is 13.0. The van der Waals surface area contributed by atoms with E-state index in [9.17, 15) is 4.79 Å². The van der Waals surface area contributed by atoms with Crippen LogP contribution in [0.4, 0.5) is 0 Å². The number of fused-ring (bicyclic) bond motifs is 1. The van der Waals surface area contributed by atoms with Gasteiger partial charge in [0.15, 0.2) is 40.3 Å². The van der Waals surface area contributed by atoms with E-state index in [1.54, 1.807) is 49.8 Å². The monoisotopic (exact) mass is 641 g/mol. The van der Waals surface area contributed by atoms with E-state index in [0.29, 0.717) is 65.4 Å². The number of carbonyl (C=O) groups excluding carboxylic acids is 1. The number of para-hydroxylation sites is 1. The van der Waals surface area contributed by atoms with E-state index in [2.05, 4.69) is 6.07 Å². The molecular weight excluding hydrogens is 606 g/mol. The van der Waals surface area contributed by atoms with Gasteiger partial charge in [0.2, 0.25) is 5.75 Å². The second-order valence-electron chi connectivity index (χ2n) is 9.92. The van der Waals surface area contributed by atoms with Gasteiger partial charge in [0.05, 0.1) is 59.0 Å². The molecule has 0 unspecified atom stereocenters. The smallest absolute Gasteiger partial charge is 0.203 e. The van der Waals surface area contributed by atoms with Crippen LogP contribution >= 0.6 is 11.3 Å². The van der Waals surface area contributed by atoms with Gasteiger partial charge in [-0.15, -0.1) is 11.3 Å². The number of hydrogen-bond acceptors (Lipinski definition) is 10. The second-order valence-corrected chi connectivity index (χ2v) is 11.0. The number of hydrogen-bond donors (Lipinski definition) is 0. The zero-order valence-electron chi connectivity index (χ0n) is 26.3. The Bertz CT molecular complexity index is 1790. The summed E-state index contributed by atoms with van der Waals surface area (Å²) in [6.45, 7) is 0.808. The Kier molecular flexibility index (Phi) is 10.6. The van der Waals surface area contributed by atoms with Gasteiger partial charge in [0, 0.05) is 17.5 Å². The summed E-state index contributed by atoms with van der Waals surface area (Å²) in [5, 5.41) is 0.927. The lowest BCUT2D eigenvalue weighted by Crippen LogP contribution is -2.06. The molecule has 0 atom stereocenters. The largest absolute Gasteiger partial charge is 0.493 e. The van der Waals surface area contributed by atoms with Gasteiger partial charge in [-0.05, 0) is 66.2 Å². The van der Waals surface area contributed by atoms with Crippen molar-refractivity contribution in [2.24, 2.45) is 0 Å². The van der Waals surface area contributed by atoms with Crippen molar-refractivity contribution in [1.29, 1.82) is 0 Å². The number of carbonyl (C=O) groups is 1. The van der Waals surface area contributed by atoms with Gasteiger partial charge in [0.1, 0.15) is 5.01 Å². The molecule has 0 fully saturated rings. The van der Waals surface area contributed by atoms with Crippen molar-refractivity contribution < 1.29 is 38.0 Å². The fourth-order valence-corrected chi connectivity index (χ4v) is 5.70. The van der Waals surface area contributed by atoms with Crippen molar-refractivity contribution in [3.8, 4) is 50.8 Å². The number of ether oxygens (including phenoxy) is 7. The molecule has 0 saturated heterocycles. The summed E-state index contributed by atoms with van der Waals surface area (Å²) in [7, 11) is 7.73. The number of ketones is 1. The maximum Gasteiger partial charge on any atom is 0.203 e. The summed E-state index contributed by atoms with van der Waals surface area (Å²) in [5.74, 6) is 3.44. The molecule has 0 amide bonds. The normalized spacial score (nSPS) is 11.0. The van der Waals surface area contributed by atoms with Crippen LogP contribution in [0.15, 0.2) is 78.9 Å². The Labute approximate surface area is 271 Å². The lowest BCUT2D eigenvalue weighted by Gasteiger charge is -2.14. The average molecular weight is 642 g/mol. The van der Waals surface area contributed by atoms with Crippen LogP contribution in [0, 0.1) is 0 Å². The van der Waals surface area contributed by atoms with Gasteiger partial charge in [-0.2, -0.15) is 0 Å². The molecule has 1 aromatic heterocycles. The Balaban J connectivity index is 1.18. The summed E-state index contributed by atoms with van der Waals surface area (Å²) < 4.78 is 40.4. The van der Waals surface area contributed by atoms with Crippen LogP contribution in [0.1, 0.15) is 22.3 Å². The second kappa shape index (κ2) is 15.2. The van der Waals surface area contributed by atoms with Gasteiger partial charge >= 0.3 is 0 Å². The van der Waals surface area contributed by atoms with Crippen molar-refractivity contribution in [1.82, 2.24) is 4.98 Å². The highest BCUT2D eigenvalue weighted by Gasteiger charge is 2.16. The summed E-state index contributed by atoms with van der Waals surface area (Å²) in [4.78, 5) is 17.7. The molecule has 5 rings (SSSR count). The van der Waals surface area contributed by atoms with Gasteiger partial charge in [-0.1, -0.05) is 24.3 Å². The van der Waals surface area contributed by atoms with Gasteiger partial charge < -0.3 is 33.2 Å². The number of nitrogens with zero attached hydrogens (tertiary/aromatic N) is 1. The first-order chi connectivity index (χ1) is 22.5. The topological polar surface area (TPSA) is 94.6 Å². The number of aromatic nitrogens is 1. The standard InChI is InChI=1S/C36H35NO8S/c1-39-28-15-12-23(11-14-27(38)25-21-32(41-3)35(43-5)33(22-25)42-4)19-31(28)45-18-8-17-44-29-16-13-24(20-30(29)40-2)36-37-26-9-6-7-10-34(26)46-36/h6-7,9-16,19-22H,8,17-18H2,1-5H3. The third-order valence-electron chi connectivity index (χ3n) is 7.07. The molecule has 0 spiro atoms. The minimum absolute atomic E-state index is 0.224. The number of allylic oxidation sites excluding steroid dienone is 1. The van der Waals surface area contributed by atoms with Crippen LogP contribution in [-0.4, -0.2) is 59.5 Å². The first kappa shape index (κ1) is 32.2. The Morgan fingerprint density at radius 2 is 1.37 bits per heavy atom. The van der Waals surface area contributed by atoms with E-state index >= 15 is 0 Å². The van der Waals surface area contributed by atoms with E-state index in [0.717, 1.165) is 26.4 Å². The minimum atomic E-state index is -0.224. The maximum atomic E-state index is 13.0. The van der Waals surface area contributed by atoms with Crippen molar-refractivity contribution in [2.45, 2.75) is 6.42 Å². The first-order valence-corrected chi connectivity index (χ1v) is 15.3. The molecule has 0 aliphatic rings. The van der Waals surface area contributed by atoms with Crippen LogP contribution in [-0.2, 0) is 0 Å². The van der Waals surface area contributed by atoms with Crippen molar-refractivity contribution in [3.63, 3.8) is 0 Å². The highest BCUT2D eigenvalue weighted by Crippen LogP contribution is 2.39. The van der Waals surface area contributed by atoms with Gasteiger partial charge in [-0.3, -0.25) is 4.79 Å². The molecule has 0 aliphatic carbocycles. The molecule has 1 heterocycles. The quantitative estimate of drug-likeness (QED) is 0.0646. The molecule has 0 aliphatic heterocycles. The molecule has 0 saturated carbocycles. The number of benzene rings is 4. The molecule has 0 radical (unpaired) electrons. The van der Waals surface area contributed by atoms with E-state index in [1.807, 2.05) is 48.5 Å². The Hall–Kier alpha value is -5.22. The molecule has 10 heteroatoms. The third-order valence-corrected chi connectivity index (χ3v) is 8.16. The third kappa shape index (κ3) is 7.35. The molecule has 0 N–H and O–H groups in total. The Morgan fingerprint density at radius 1 is 0.696 bits per heavy atom. The SMILES string of the molecule is COc1cc(-c2nc3ccccc3s2)ccc1OCCCOc1cc(C=CC(=O)c2cc(OC)c(OC)c(OC)c2)ccc1OC. The lowest BCUT2D eigenvalue weighted by molar-refractivity contribution is 0.104. The average Bonchev–Trinajstić information content (AvgIpc) is 3.54. The van der Waals surface area contributed by atoms with Crippen molar-refractivity contribution in [2.75, 3.05) is 48.8 Å². The van der Waals surface area contributed by atoms with Crippen LogP contribution in [0.3, 0.4) is 0 Å². The molecule has 5 aromatic rings. The van der Waals surface area contributed by atoms with Gasteiger partial charge in [-0.25, -0.2) is 4.98 Å². The zero-order chi connectivity index (χ0) is 32.5. The molecule has 4 aromatic carbocycles. The predicted octanol–water partition coefficient (Wildman–Crippen LogP) is 7.75. The van der Waals surface area contributed by atoms with Crippen LogP contribution in [0.2, 0.25) is 0 Å². The van der Waals surface area contributed by atoms with Crippen LogP contribution in [0.5, 0.6) is 40.2 Å². The summed E-state index contributed by atoms with van der Waals surface area (Å²) in [5.41, 5.74) is 3.12. The number of thiazole rings is 1. The minimum Gasteiger partial charge on any atom is -0.493 e. The summed E-state index contributed by atoms with van der Waals surface area (Å²) >= 11 is 1.64. The highest BCUT2D eigenvalue weighted by atomic mass is 32.1. The number of methoxy groups -OCH3 is 5. The Morgan fingerprint density at radius 3 is 2.04 bits per heavy atom.